The first-order chi connectivity index (χ1) is 11.1. The largest absolute Gasteiger partial charge is 0.120 e. The Balaban J connectivity index is 2.01. The average Bonchev–Trinajstić information content (AvgIpc) is 2.96. The third-order valence-corrected chi connectivity index (χ3v) is 5.87. The van der Waals surface area contributed by atoms with E-state index in [0.29, 0.717) is 0 Å². The van der Waals surface area contributed by atoms with Crippen LogP contribution < -0.4 is 0 Å². The first kappa shape index (κ1) is 17.7. The number of fused-ring (bicyclic) bond motifs is 1. The van der Waals surface area contributed by atoms with Crippen LogP contribution in [0.5, 0.6) is 0 Å². The van der Waals surface area contributed by atoms with Crippen molar-refractivity contribution in [1.82, 2.24) is 0 Å². The molecule has 0 bridgehead atoms. The van der Waals surface area contributed by atoms with Gasteiger partial charge < -0.3 is 0 Å². The van der Waals surface area contributed by atoms with Crippen molar-refractivity contribution in [3.63, 3.8) is 0 Å². The number of thioether (sulfide) groups is 2. The molecule has 0 aliphatic heterocycles. The maximum absolute atomic E-state index is 2.38. The summed E-state index contributed by atoms with van der Waals surface area (Å²) in [5.41, 5.74) is 5.46. The molecular weight excluding hydrogens is 328 g/mol. The van der Waals surface area contributed by atoms with E-state index in [4.69, 9.17) is 0 Å². The number of rotatable bonds is 3. The molecule has 1 aromatic rings. The maximum atomic E-state index is 2.38. The lowest BCUT2D eigenvalue weighted by atomic mass is 9.99. The van der Waals surface area contributed by atoms with Crippen molar-refractivity contribution in [3.8, 4) is 0 Å². The summed E-state index contributed by atoms with van der Waals surface area (Å²) in [5, 5.41) is 0. The van der Waals surface area contributed by atoms with Crippen LogP contribution in [-0.4, -0.2) is 9.49 Å². The standard InChI is InChI=1S/C22H26S2/c1-21(2,3)23-16-12-18-17(15-10-8-7-9-11-15)14-20(19(18)13-16)24-22(4,5)6/h7-14H,1-6H3. The minimum absolute atomic E-state index is 0.212. The van der Waals surface area contributed by atoms with Crippen LogP contribution in [0.4, 0.5) is 0 Å². The lowest BCUT2D eigenvalue weighted by Gasteiger charge is -2.18. The normalized spacial score (nSPS) is 17.7. The van der Waals surface area contributed by atoms with E-state index in [1.807, 2.05) is 23.5 Å². The Hall–Kier alpha value is -1.12. The molecule has 2 aliphatic rings. The molecule has 126 valence electrons. The number of hydrogen-bond acceptors (Lipinski definition) is 2. The maximum Gasteiger partial charge on any atom is 0.0163 e. The molecule has 0 saturated heterocycles. The SMILES string of the molecule is CC(C)(C)SC1=CC2=C(SC(C)(C)C)C=C(c3ccccc3)C2=C1. The summed E-state index contributed by atoms with van der Waals surface area (Å²) in [6.07, 6.45) is 7.13. The van der Waals surface area contributed by atoms with Crippen molar-refractivity contribution < 1.29 is 0 Å². The zero-order valence-electron chi connectivity index (χ0n) is 15.4. The van der Waals surface area contributed by atoms with Gasteiger partial charge in [0.2, 0.25) is 0 Å². The van der Waals surface area contributed by atoms with Crippen LogP contribution in [0.25, 0.3) is 5.57 Å². The zero-order valence-corrected chi connectivity index (χ0v) is 17.1. The molecule has 1 aromatic carbocycles. The van der Waals surface area contributed by atoms with E-state index in [9.17, 15) is 0 Å². The van der Waals surface area contributed by atoms with Gasteiger partial charge in [-0.1, -0.05) is 71.9 Å². The van der Waals surface area contributed by atoms with Gasteiger partial charge in [-0.3, -0.25) is 0 Å². The predicted octanol–water partition coefficient (Wildman–Crippen LogP) is 7.23. The second-order valence-electron chi connectivity index (χ2n) is 8.24. The van der Waals surface area contributed by atoms with Crippen molar-refractivity contribution in [1.29, 1.82) is 0 Å². The van der Waals surface area contributed by atoms with E-state index in [1.54, 1.807) is 0 Å². The number of allylic oxidation sites excluding steroid dienone is 6. The highest BCUT2D eigenvalue weighted by atomic mass is 32.2. The van der Waals surface area contributed by atoms with Crippen LogP contribution in [0, 0.1) is 0 Å². The van der Waals surface area contributed by atoms with E-state index in [-0.39, 0.29) is 9.49 Å². The third-order valence-electron chi connectivity index (χ3n) is 3.62. The molecule has 0 fully saturated rings. The zero-order chi connectivity index (χ0) is 17.5. The lowest BCUT2D eigenvalue weighted by molar-refractivity contribution is 0.806. The van der Waals surface area contributed by atoms with Crippen LogP contribution in [-0.2, 0) is 0 Å². The summed E-state index contributed by atoms with van der Waals surface area (Å²) in [4.78, 5) is 2.78. The van der Waals surface area contributed by atoms with Crippen LogP contribution >= 0.6 is 23.5 Å². The Kier molecular flexibility index (Phi) is 4.65. The molecule has 2 heteroatoms. The highest BCUT2D eigenvalue weighted by Gasteiger charge is 2.29. The van der Waals surface area contributed by atoms with E-state index in [2.05, 4.69) is 90.1 Å². The van der Waals surface area contributed by atoms with E-state index >= 15 is 0 Å². The molecule has 24 heavy (non-hydrogen) atoms. The van der Waals surface area contributed by atoms with Gasteiger partial charge in [0.05, 0.1) is 0 Å². The molecular formula is C22H26S2. The Bertz CT molecular complexity index is 760. The monoisotopic (exact) mass is 354 g/mol. The Morgan fingerprint density at radius 1 is 0.667 bits per heavy atom. The molecule has 0 amide bonds. The van der Waals surface area contributed by atoms with Crippen LogP contribution in [0.1, 0.15) is 47.1 Å². The lowest BCUT2D eigenvalue weighted by Crippen LogP contribution is -2.07. The second kappa shape index (κ2) is 6.31. The molecule has 0 saturated carbocycles. The summed E-state index contributed by atoms with van der Waals surface area (Å²) >= 11 is 3.92. The molecule has 0 radical (unpaired) electrons. The summed E-state index contributed by atoms with van der Waals surface area (Å²) in [6.45, 7) is 13.7. The van der Waals surface area contributed by atoms with Crippen LogP contribution in [0.15, 0.2) is 69.5 Å². The van der Waals surface area contributed by atoms with Gasteiger partial charge in [0, 0.05) is 19.3 Å². The van der Waals surface area contributed by atoms with Crippen molar-refractivity contribution >= 4 is 29.1 Å². The van der Waals surface area contributed by atoms with Gasteiger partial charge in [0.15, 0.2) is 0 Å². The summed E-state index contributed by atoms with van der Waals surface area (Å²) in [6, 6.07) is 10.8. The fourth-order valence-electron chi connectivity index (χ4n) is 2.88. The number of benzene rings is 1. The van der Waals surface area contributed by atoms with Crippen LogP contribution in [0.2, 0.25) is 0 Å². The molecule has 0 aromatic heterocycles. The van der Waals surface area contributed by atoms with E-state index < -0.39 is 0 Å². The summed E-state index contributed by atoms with van der Waals surface area (Å²) in [5.74, 6) is 0. The Morgan fingerprint density at radius 2 is 1.29 bits per heavy atom. The average molecular weight is 355 g/mol. The van der Waals surface area contributed by atoms with Crippen molar-refractivity contribution in [2.75, 3.05) is 0 Å². The van der Waals surface area contributed by atoms with E-state index in [0.717, 1.165) is 0 Å². The number of hydrogen-bond donors (Lipinski definition) is 0. The molecule has 2 aliphatic carbocycles. The quantitative estimate of drug-likeness (QED) is 0.561. The molecule has 0 spiro atoms. The van der Waals surface area contributed by atoms with Gasteiger partial charge in [-0.05, 0) is 40.5 Å². The molecule has 0 unspecified atom stereocenters. The summed E-state index contributed by atoms with van der Waals surface area (Å²) < 4.78 is 0.444. The molecule has 0 nitrogen and oxygen atoms in total. The van der Waals surface area contributed by atoms with Crippen molar-refractivity contribution in [2.45, 2.75) is 51.0 Å². The first-order valence-electron chi connectivity index (χ1n) is 8.46. The Morgan fingerprint density at radius 3 is 1.88 bits per heavy atom. The van der Waals surface area contributed by atoms with E-state index in [1.165, 1.54) is 32.1 Å². The minimum atomic E-state index is 0.212. The topological polar surface area (TPSA) is 0 Å². The Labute approximate surface area is 155 Å². The fourth-order valence-corrected chi connectivity index (χ4v) is 5.05. The summed E-state index contributed by atoms with van der Waals surface area (Å²) in [7, 11) is 0. The highest BCUT2D eigenvalue weighted by molar-refractivity contribution is 8.05. The first-order valence-corrected chi connectivity index (χ1v) is 10.1. The minimum Gasteiger partial charge on any atom is -0.120 e. The van der Waals surface area contributed by atoms with Gasteiger partial charge in [0.25, 0.3) is 0 Å². The molecule has 0 heterocycles. The van der Waals surface area contributed by atoms with Gasteiger partial charge in [-0.25, -0.2) is 0 Å². The second-order valence-corrected chi connectivity index (χ2v) is 12.0. The van der Waals surface area contributed by atoms with Gasteiger partial charge in [-0.15, -0.1) is 23.5 Å². The molecule has 3 rings (SSSR count). The highest BCUT2D eigenvalue weighted by Crippen LogP contribution is 2.51. The predicted molar refractivity (Wildman–Crippen MR) is 112 cm³/mol. The van der Waals surface area contributed by atoms with Crippen molar-refractivity contribution in [2.24, 2.45) is 0 Å². The smallest absolute Gasteiger partial charge is 0.0163 e. The van der Waals surface area contributed by atoms with Gasteiger partial charge in [0.1, 0.15) is 0 Å². The van der Waals surface area contributed by atoms with Gasteiger partial charge in [-0.2, -0.15) is 0 Å². The van der Waals surface area contributed by atoms with Gasteiger partial charge >= 0.3 is 0 Å². The molecule has 0 N–H and O–H groups in total. The molecule has 0 atom stereocenters. The van der Waals surface area contributed by atoms with Crippen LogP contribution in [0.3, 0.4) is 0 Å². The fraction of sp³-hybridized carbons (Fsp3) is 0.364. The van der Waals surface area contributed by atoms with Crippen molar-refractivity contribution in [3.05, 3.63) is 75.1 Å². The third kappa shape index (κ3) is 4.10.